The van der Waals surface area contributed by atoms with E-state index in [1.807, 2.05) is 0 Å². The van der Waals surface area contributed by atoms with Gasteiger partial charge in [0, 0.05) is 11.8 Å². The zero-order valence-corrected chi connectivity index (χ0v) is 12.9. The van der Waals surface area contributed by atoms with Gasteiger partial charge in [-0.05, 0) is 35.0 Å². The molecule has 1 unspecified atom stereocenters. The molecule has 2 rings (SSSR count). The zero-order valence-electron chi connectivity index (χ0n) is 11.2. The Bertz CT molecular complexity index is 480. The Morgan fingerprint density at radius 2 is 2.00 bits per heavy atom. The van der Waals surface area contributed by atoms with E-state index in [9.17, 15) is 0 Å². The van der Waals surface area contributed by atoms with Crippen LogP contribution in [0.1, 0.15) is 31.0 Å². The van der Waals surface area contributed by atoms with Gasteiger partial charge in [0.2, 0.25) is 0 Å². The van der Waals surface area contributed by atoms with Crippen LogP contribution in [0.2, 0.25) is 0 Å². The van der Waals surface area contributed by atoms with E-state index < -0.39 is 0 Å². The minimum absolute atomic E-state index is 0.0435. The zero-order chi connectivity index (χ0) is 13.7. The SMILES string of the molecule is CC(C)Cc1ccc(C(N)CSc2ncns2)cc1. The second kappa shape index (κ2) is 7.03. The molecular weight excluding hydrogens is 274 g/mol. The van der Waals surface area contributed by atoms with Crippen LogP contribution < -0.4 is 5.73 Å². The van der Waals surface area contributed by atoms with Crippen LogP contribution in [0, 0.1) is 5.92 Å². The summed E-state index contributed by atoms with van der Waals surface area (Å²) in [4.78, 5) is 4.14. The molecule has 0 fully saturated rings. The minimum Gasteiger partial charge on any atom is -0.323 e. The molecule has 2 N–H and O–H groups in total. The van der Waals surface area contributed by atoms with E-state index in [-0.39, 0.29) is 6.04 Å². The average molecular weight is 293 g/mol. The third-order valence-corrected chi connectivity index (χ3v) is 4.70. The Hall–Kier alpha value is -0.910. The largest absolute Gasteiger partial charge is 0.323 e. The Kier molecular flexibility index (Phi) is 5.36. The maximum absolute atomic E-state index is 6.20. The van der Waals surface area contributed by atoms with Crippen molar-refractivity contribution in [2.75, 3.05) is 5.75 Å². The highest BCUT2D eigenvalue weighted by atomic mass is 32.2. The normalized spacial score (nSPS) is 12.8. The van der Waals surface area contributed by atoms with Gasteiger partial charge in [0.1, 0.15) is 6.33 Å². The van der Waals surface area contributed by atoms with E-state index in [0.29, 0.717) is 5.92 Å². The Labute approximate surface area is 122 Å². The van der Waals surface area contributed by atoms with Crippen molar-refractivity contribution in [1.82, 2.24) is 9.36 Å². The van der Waals surface area contributed by atoms with E-state index in [1.165, 1.54) is 22.7 Å². The minimum atomic E-state index is 0.0435. The second-order valence-electron chi connectivity index (χ2n) is 4.96. The van der Waals surface area contributed by atoms with Crippen LogP contribution in [0.5, 0.6) is 0 Å². The quantitative estimate of drug-likeness (QED) is 0.828. The molecule has 0 amide bonds. The van der Waals surface area contributed by atoms with E-state index in [0.717, 1.165) is 16.5 Å². The first-order valence-electron chi connectivity index (χ1n) is 6.39. The fourth-order valence-corrected chi connectivity index (χ4v) is 3.32. The third kappa shape index (κ3) is 4.60. The first-order chi connectivity index (χ1) is 9.15. The number of thioether (sulfide) groups is 1. The summed E-state index contributed by atoms with van der Waals surface area (Å²) in [5.41, 5.74) is 8.76. The van der Waals surface area contributed by atoms with Crippen molar-refractivity contribution in [1.29, 1.82) is 0 Å². The lowest BCUT2D eigenvalue weighted by Crippen LogP contribution is -2.12. The van der Waals surface area contributed by atoms with Gasteiger partial charge < -0.3 is 5.73 Å². The molecule has 0 bridgehead atoms. The van der Waals surface area contributed by atoms with Crippen LogP contribution in [0.15, 0.2) is 34.9 Å². The summed E-state index contributed by atoms with van der Waals surface area (Å²) in [5.74, 6) is 1.52. The molecule has 0 radical (unpaired) electrons. The molecule has 19 heavy (non-hydrogen) atoms. The molecule has 0 saturated carbocycles. The van der Waals surface area contributed by atoms with Crippen LogP contribution in [-0.2, 0) is 6.42 Å². The number of benzene rings is 1. The lowest BCUT2D eigenvalue weighted by Gasteiger charge is -2.12. The smallest absolute Gasteiger partial charge is 0.169 e. The summed E-state index contributed by atoms with van der Waals surface area (Å²) in [6.45, 7) is 4.47. The monoisotopic (exact) mass is 293 g/mol. The maximum Gasteiger partial charge on any atom is 0.169 e. The number of nitrogens with two attached hydrogens (primary N) is 1. The Morgan fingerprint density at radius 3 is 2.58 bits per heavy atom. The highest BCUT2D eigenvalue weighted by Crippen LogP contribution is 2.24. The predicted octanol–water partition coefficient (Wildman–Crippen LogP) is 3.53. The molecule has 0 saturated heterocycles. The average Bonchev–Trinajstić information content (AvgIpc) is 2.89. The molecule has 0 aliphatic rings. The molecule has 1 heterocycles. The topological polar surface area (TPSA) is 51.8 Å². The molecule has 1 atom stereocenters. The van der Waals surface area contributed by atoms with Gasteiger partial charge in [-0.2, -0.15) is 4.37 Å². The van der Waals surface area contributed by atoms with Crippen LogP contribution in [0.25, 0.3) is 0 Å². The van der Waals surface area contributed by atoms with Crippen molar-refractivity contribution in [3.05, 3.63) is 41.7 Å². The number of hydrogen-bond donors (Lipinski definition) is 1. The van der Waals surface area contributed by atoms with E-state index in [2.05, 4.69) is 47.5 Å². The lowest BCUT2D eigenvalue weighted by molar-refractivity contribution is 0.647. The number of nitrogens with zero attached hydrogens (tertiary/aromatic N) is 2. The van der Waals surface area contributed by atoms with Crippen LogP contribution in [0.4, 0.5) is 0 Å². The number of rotatable bonds is 6. The van der Waals surface area contributed by atoms with Gasteiger partial charge in [-0.25, -0.2) is 4.98 Å². The van der Waals surface area contributed by atoms with Gasteiger partial charge in [0.15, 0.2) is 4.34 Å². The second-order valence-corrected chi connectivity index (χ2v) is 7.01. The Morgan fingerprint density at radius 1 is 1.26 bits per heavy atom. The molecular formula is C14H19N3S2. The maximum atomic E-state index is 6.20. The van der Waals surface area contributed by atoms with Crippen molar-refractivity contribution in [2.24, 2.45) is 11.7 Å². The van der Waals surface area contributed by atoms with Crippen molar-refractivity contribution in [3.8, 4) is 0 Å². The number of aromatic nitrogens is 2. The predicted molar refractivity (Wildman–Crippen MR) is 82.5 cm³/mol. The van der Waals surface area contributed by atoms with Crippen molar-refractivity contribution >= 4 is 23.3 Å². The summed E-state index contributed by atoms with van der Waals surface area (Å²) in [5, 5.41) is 0. The molecule has 0 aliphatic carbocycles. The standard InChI is InChI=1S/C14H19N3S2/c1-10(2)7-11-3-5-12(6-4-11)13(15)8-18-14-16-9-17-19-14/h3-6,9-10,13H,7-8,15H2,1-2H3. The highest BCUT2D eigenvalue weighted by molar-refractivity contribution is 8.00. The van der Waals surface area contributed by atoms with E-state index in [1.54, 1.807) is 18.1 Å². The van der Waals surface area contributed by atoms with Gasteiger partial charge in [-0.15, -0.1) is 0 Å². The summed E-state index contributed by atoms with van der Waals surface area (Å²) in [7, 11) is 0. The summed E-state index contributed by atoms with van der Waals surface area (Å²) in [6.07, 6.45) is 2.70. The first-order valence-corrected chi connectivity index (χ1v) is 8.15. The molecule has 102 valence electrons. The molecule has 1 aromatic heterocycles. The van der Waals surface area contributed by atoms with Crippen LogP contribution >= 0.6 is 23.3 Å². The van der Waals surface area contributed by atoms with Crippen LogP contribution in [-0.4, -0.2) is 15.1 Å². The summed E-state index contributed by atoms with van der Waals surface area (Å²) in [6, 6.07) is 8.70. The molecule has 0 aliphatic heterocycles. The lowest BCUT2D eigenvalue weighted by atomic mass is 10.0. The van der Waals surface area contributed by atoms with Gasteiger partial charge >= 0.3 is 0 Å². The Balaban J connectivity index is 1.90. The van der Waals surface area contributed by atoms with Gasteiger partial charge in [0.05, 0.1) is 0 Å². The van der Waals surface area contributed by atoms with Crippen molar-refractivity contribution < 1.29 is 0 Å². The molecule has 0 spiro atoms. The third-order valence-electron chi connectivity index (χ3n) is 2.78. The van der Waals surface area contributed by atoms with E-state index >= 15 is 0 Å². The molecule has 3 nitrogen and oxygen atoms in total. The number of hydrogen-bond acceptors (Lipinski definition) is 5. The summed E-state index contributed by atoms with van der Waals surface area (Å²) < 4.78 is 4.96. The van der Waals surface area contributed by atoms with Gasteiger partial charge in [-0.1, -0.05) is 49.9 Å². The van der Waals surface area contributed by atoms with Crippen molar-refractivity contribution in [3.63, 3.8) is 0 Å². The highest BCUT2D eigenvalue weighted by Gasteiger charge is 2.08. The van der Waals surface area contributed by atoms with Gasteiger partial charge in [0.25, 0.3) is 0 Å². The van der Waals surface area contributed by atoms with Crippen LogP contribution in [0.3, 0.4) is 0 Å². The first kappa shape index (κ1) is 14.5. The summed E-state index contributed by atoms with van der Waals surface area (Å²) >= 11 is 3.08. The van der Waals surface area contributed by atoms with E-state index in [4.69, 9.17) is 5.73 Å². The fourth-order valence-electron chi connectivity index (χ4n) is 1.86. The fraction of sp³-hybridized carbons (Fsp3) is 0.429. The van der Waals surface area contributed by atoms with Gasteiger partial charge in [-0.3, -0.25) is 0 Å². The molecule has 5 heteroatoms. The molecule has 2 aromatic rings. The molecule has 1 aromatic carbocycles. The van der Waals surface area contributed by atoms with Crippen molar-refractivity contribution in [2.45, 2.75) is 30.6 Å².